The van der Waals surface area contributed by atoms with E-state index in [1.54, 1.807) is 6.07 Å². The molecule has 2 aliphatic carbocycles. The molecule has 154 valence electrons. The van der Waals surface area contributed by atoms with Crippen LogP contribution < -0.4 is 5.56 Å². The maximum atomic E-state index is 12.0. The van der Waals surface area contributed by atoms with E-state index < -0.39 is 5.54 Å². The summed E-state index contributed by atoms with van der Waals surface area (Å²) in [5.41, 5.74) is 5.48. The van der Waals surface area contributed by atoms with Crippen LogP contribution in [0.5, 0.6) is 0 Å². The quantitative estimate of drug-likeness (QED) is 0.422. The van der Waals surface area contributed by atoms with Crippen LogP contribution in [-0.4, -0.2) is 11.2 Å². The molecule has 5 rings (SSSR count). The zero-order chi connectivity index (χ0) is 21.4. The van der Waals surface area contributed by atoms with Crippen LogP contribution in [-0.2, 0) is 12.0 Å². The first kappa shape index (κ1) is 19.5. The van der Waals surface area contributed by atoms with Gasteiger partial charge in [0.15, 0.2) is 0 Å². The summed E-state index contributed by atoms with van der Waals surface area (Å²) in [6.07, 6.45) is 12.3. The van der Waals surface area contributed by atoms with Crippen molar-refractivity contribution < 1.29 is 0 Å². The van der Waals surface area contributed by atoms with Gasteiger partial charge in [-0.3, -0.25) is 9.79 Å². The van der Waals surface area contributed by atoms with Crippen molar-refractivity contribution in [2.45, 2.75) is 32.2 Å². The van der Waals surface area contributed by atoms with Crippen LogP contribution in [0.2, 0.25) is 0 Å². The number of aliphatic imine (C=N–C) groups is 1. The van der Waals surface area contributed by atoms with Crippen molar-refractivity contribution in [3.63, 3.8) is 0 Å². The fourth-order valence-electron chi connectivity index (χ4n) is 5.29. The molecule has 0 radical (unpaired) electrons. The average Bonchev–Trinajstić information content (AvgIpc) is 2.76. The number of fused-ring (bicyclic) bond motifs is 5. The van der Waals surface area contributed by atoms with Crippen LogP contribution in [0.3, 0.4) is 0 Å². The normalized spacial score (nSPS) is 24.1. The van der Waals surface area contributed by atoms with E-state index in [2.05, 4.69) is 79.5 Å². The molecule has 0 spiro atoms. The molecule has 2 bridgehead atoms. The Morgan fingerprint density at radius 1 is 1.10 bits per heavy atom. The van der Waals surface area contributed by atoms with Crippen molar-refractivity contribution in [3.8, 4) is 0 Å². The molecular formula is C28H26N2O. The second-order valence-corrected chi connectivity index (χ2v) is 8.56. The molecule has 3 aromatic rings. The Bertz CT molecular complexity index is 1340. The van der Waals surface area contributed by atoms with Gasteiger partial charge in [0.25, 0.3) is 0 Å². The molecule has 0 saturated carbocycles. The number of allylic oxidation sites excluding steroid dienone is 3. The lowest BCUT2D eigenvalue weighted by Gasteiger charge is -2.45. The Hall–Kier alpha value is -3.46. The first-order valence-corrected chi connectivity index (χ1v) is 10.9. The molecule has 2 atom stereocenters. The minimum Gasteiger partial charge on any atom is -0.326 e. The number of H-pyrrole nitrogens is 1. The van der Waals surface area contributed by atoms with Crippen molar-refractivity contribution in [1.82, 2.24) is 4.98 Å². The summed E-state index contributed by atoms with van der Waals surface area (Å²) in [4.78, 5) is 20.2. The molecule has 3 nitrogen and oxygen atoms in total. The van der Waals surface area contributed by atoms with E-state index in [4.69, 9.17) is 4.99 Å². The van der Waals surface area contributed by atoms with Gasteiger partial charge in [-0.15, -0.1) is 0 Å². The number of benzene rings is 2. The lowest BCUT2D eigenvalue weighted by molar-refractivity contribution is 0.413. The van der Waals surface area contributed by atoms with Gasteiger partial charge in [-0.2, -0.15) is 0 Å². The van der Waals surface area contributed by atoms with E-state index in [0.29, 0.717) is 0 Å². The van der Waals surface area contributed by atoms with Crippen molar-refractivity contribution in [1.29, 1.82) is 0 Å². The first-order valence-electron chi connectivity index (χ1n) is 10.9. The molecule has 2 unspecified atom stereocenters. The SMILES string of the molecule is CC=C1C2C=C(C)CC1(N=CC=Cc1ccc3ccccc3c1)c1ccc(=O)[nH]c1C2. The zero-order valence-electron chi connectivity index (χ0n) is 17.9. The molecule has 1 N–H and O–H groups in total. The van der Waals surface area contributed by atoms with Crippen molar-refractivity contribution in [2.75, 3.05) is 0 Å². The fourth-order valence-corrected chi connectivity index (χ4v) is 5.29. The highest BCUT2D eigenvalue weighted by atomic mass is 16.1. The molecular weight excluding hydrogens is 380 g/mol. The van der Waals surface area contributed by atoms with Crippen molar-refractivity contribution in [3.05, 3.63) is 111 Å². The number of aromatic amines is 1. The highest BCUT2D eigenvalue weighted by Crippen LogP contribution is 2.51. The predicted octanol–water partition coefficient (Wildman–Crippen LogP) is 5.98. The van der Waals surface area contributed by atoms with E-state index in [-0.39, 0.29) is 11.5 Å². The van der Waals surface area contributed by atoms with Crippen LogP contribution in [0.15, 0.2) is 93.8 Å². The standard InChI is InChI=1S/C28H26N2O/c1-3-24-23-15-19(2)18-28(24,25-12-13-27(31)30-26(25)17-23)29-14-6-7-20-10-11-21-8-4-5-9-22(21)16-20/h3-16,23H,17-18H2,1-2H3,(H,30,31). The number of nitrogens with one attached hydrogen (secondary N) is 1. The Labute approximate surface area is 182 Å². The molecule has 31 heavy (non-hydrogen) atoms. The number of hydrogen-bond donors (Lipinski definition) is 1. The summed E-state index contributed by atoms with van der Waals surface area (Å²) >= 11 is 0. The number of hydrogen-bond acceptors (Lipinski definition) is 2. The maximum absolute atomic E-state index is 12.0. The van der Waals surface area contributed by atoms with Crippen LogP contribution in [0, 0.1) is 5.92 Å². The van der Waals surface area contributed by atoms with Crippen molar-refractivity contribution in [2.24, 2.45) is 10.9 Å². The summed E-state index contributed by atoms with van der Waals surface area (Å²) in [6.45, 7) is 4.29. The second kappa shape index (κ2) is 7.66. The summed E-state index contributed by atoms with van der Waals surface area (Å²) in [7, 11) is 0. The molecule has 2 aliphatic rings. The van der Waals surface area contributed by atoms with Gasteiger partial charge < -0.3 is 4.98 Å². The lowest BCUT2D eigenvalue weighted by atomic mass is 9.63. The smallest absolute Gasteiger partial charge is 0.248 e. The molecule has 3 heteroatoms. The third-order valence-corrected chi connectivity index (χ3v) is 6.52. The molecule has 0 aliphatic heterocycles. The minimum atomic E-state index is -0.441. The van der Waals surface area contributed by atoms with Gasteiger partial charge in [-0.25, -0.2) is 0 Å². The molecule has 0 fully saturated rings. The van der Waals surface area contributed by atoms with Crippen LogP contribution in [0.4, 0.5) is 0 Å². The molecule has 1 heterocycles. The van der Waals surface area contributed by atoms with E-state index in [0.717, 1.165) is 29.7 Å². The van der Waals surface area contributed by atoms with E-state index in [9.17, 15) is 4.79 Å². The average molecular weight is 407 g/mol. The van der Waals surface area contributed by atoms with Gasteiger partial charge in [0, 0.05) is 35.9 Å². The van der Waals surface area contributed by atoms with Gasteiger partial charge in [-0.05, 0) is 60.4 Å². The van der Waals surface area contributed by atoms with Crippen LogP contribution in [0.1, 0.15) is 37.1 Å². The highest BCUT2D eigenvalue weighted by molar-refractivity contribution is 5.86. The zero-order valence-corrected chi connectivity index (χ0v) is 17.9. The number of rotatable bonds is 3. The summed E-state index contributed by atoms with van der Waals surface area (Å²) < 4.78 is 0. The van der Waals surface area contributed by atoms with Gasteiger partial charge in [0.05, 0.1) is 0 Å². The van der Waals surface area contributed by atoms with Crippen molar-refractivity contribution >= 4 is 23.1 Å². The third-order valence-electron chi connectivity index (χ3n) is 6.52. The van der Waals surface area contributed by atoms with Gasteiger partial charge in [0.1, 0.15) is 5.54 Å². The maximum Gasteiger partial charge on any atom is 0.248 e. The first-order chi connectivity index (χ1) is 15.1. The monoisotopic (exact) mass is 406 g/mol. The highest BCUT2D eigenvalue weighted by Gasteiger charge is 2.46. The number of aromatic nitrogens is 1. The topological polar surface area (TPSA) is 45.2 Å². The van der Waals surface area contributed by atoms with E-state index in [1.807, 2.05) is 18.4 Å². The van der Waals surface area contributed by atoms with Gasteiger partial charge in [-0.1, -0.05) is 60.2 Å². The Balaban J connectivity index is 1.53. The minimum absolute atomic E-state index is 0.0446. The largest absolute Gasteiger partial charge is 0.326 e. The van der Waals surface area contributed by atoms with E-state index in [1.165, 1.54) is 21.9 Å². The Kier molecular flexibility index (Phi) is 4.82. The van der Waals surface area contributed by atoms with Crippen LogP contribution in [0.25, 0.3) is 16.8 Å². The van der Waals surface area contributed by atoms with E-state index >= 15 is 0 Å². The molecule has 1 aromatic heterocycles. The molecule has 0 amide bonds. The lowest BCUT2D eigenvalue weighted by Crippen LogP contribution is -2.40. The second-order valence-electron chi connectivity index (χ2n) is 8.56. The summed E-state index contributed by atoms with van der Waals surface area (Å²) in [5, 5.41) is 2.48. The number of pyridine rings is 1. The predicted molar refractivity (Wildman–Crippen MR) is 130 cm³/mol. The number of nitrogens with zero attached hydrogens (tertiary/aromatic N) is 1. The fraction of sp³-hybridized carbons (Fsp3) is 0.214. The Morgan fingerprint density at radius 2 is 1.94 bits per heavy atom. The summed E-state index contributed by atoms with van der Waals surface area (Å²) in [5.74, 6) is 0.283. The van der Waals surface area contributed by atoms with Crippen LogP contribution >= 0.6 is 0 Å². The molecule has 0 saturated heterocycles. The molecule has 2 aromatic carbocycles. The van der Waals surface area contributed by atoms with Gasteiger partial charge in [0.2, 0.25) is 5.56 Å². The Morgan fingerprint density at radius 3 is 2.77 bits per heavy atom. The summed E-state index contributed by atoms with van der Waals surface area (Å²) in [6, 6.07) is 18.5. The third kappa shape index (κ3) is 3.40. The van der Waals surface area contributed by atoms with Gasteiger partial charge >= 0.3 is 0 Å².